The third-order valence-electron chi connectivity index (χ3n) is 11.9. The van der Waals surface area contributed by atoms with Crippen LogP contribution in [0.1, 0.15) is 90.9 Å². The van der Waals surface area contributed by atoms with Crippen LogP contribution in [0.15, 0.2) is 0 Å². The van der Waals surface area contributed by atoms with Crippen LogP contribution >= 0.6 is 0 Å². The second kappa shape index (κ2) is 49.7. The molecule has 13 N–H and O–H groups in total. The summed E-state index contributed by atoms with van der Waals surface area (Å²) in [6.07, 6.45) is -5.24. The molecule has 92 heavy (non-hydrogen) atoms. The minimum absolute atomic E-state index is 0.338. The van der Waals surface area contributed by atoms with Crippen LogP contribution in [0, 0.1) is 0 Å². The first-order valence-electron chi connectivity index (χ1n) is 29.1. The van der Waals surface area contributed by atoms with Crippen LogP contribution in [0.5, 0.6) is 0 Å². The lowest BCUT2D eigenvalue weighted by Gasteiger charge is -2.37. The van der Waals surface area contributed by atoms with Gasteiger partial charge in [0.05, 0.1) is 222 Å². The summed E-state index contributed by atoms with van der Waals surface area (Å²) in [4.78, 5) is 143. The van der Waals surface area contributed by atoms with Crippen LogP contribution < -0.4 is 21.3 Å². The summed E-state index contributed by atoms with van der Waals surface area (Å²) in [6, 6.07) is -0.405. The Morgan fingerprint density at radius 1 is 0.239 bits per heavy atom. The molecule has 0 aliphatic carbocycles. The molecule has 37 nitrogen and oxygen atoms in total. The largest absolute Gasteiger partial charge is 0.481 e. The average molecular weight is 1340 g/mol. The van der Waals surface area contributed by atoms with Crippen LogP contribution in [0.25, 0.3) is 0 Å². The van der Waals surface area contributed by atoms with E-state index in [-0.39, 0.29) is 99.1 Å². The topological polar surface area (TPSA) is 546 Å². The van der Waals surface area contributed by atoms with Crippen molar-refractivity contribution in [2.24, 2.45) is 0 Å². The first-order chi connectivity index (χ1) is 43.5. The van der Waals surface area contributed by atoms with Gasteiger partial charge in [0.15, 0.2) is 0 Å². The highest BCUT2D eigenvalue weighted by Gasteiger charge is 2.38. The summed E-state index contributed by atoms with van der Waals surface area (Å²) < 4.78 is 68.3. The Bertz CT molecular complexity index is 1840. The predicted molar refractivity (Wildman–Crippen MR) is 308 cm³/mol. The van der Waals surface area contributed by atoms with Gasteiger partial charge in [-0.3, -0.25) is 57.5 Å². The fraction of sp³-hybridized carbons (Fsp3) is 0.782. The lowest BCUT2D eigenvalue weighted by atomic mass is 10.0. The Morgan fingerprint density at radius 2 is 0.370 bits per heavy atom. The van der Waals surface area contributed by atoms with Crippen molar-refractivity contribution in [3.8, 4) is 0 Å². The molecule has 0 radical (unpaired) electrons. The van der Waals surface area contributed by atoms with Gasteiger partial charge in [-0.25, -0.2) is 0 Å². The number of amides is 3. The standard InChI is InChI=1S/C55H92N4O33/c1-39(2)56-52(27-81-15-3-40(60)57-53(30-84-18-6-43(63)64,31-85-19-7-44(65)66)32-86-20-8-45(67)68,28-82-16-4-41(61)58-54(33-87-21-9-46(69)70,34-88-22-10-47(71)72)35-89-23-11-48(73)74)29-83-17-5-42(62)59-55(36-90-24-12-49(75)76,37-91-25-13-50(77)78)38-92-26-14-51(79)80/h39,56H,3-38H2,1-2H3,(H,57,60)(H,58,61)(H,59,62)(H,63,64)(H,65,66)(H,67,68)(H,69,70)(H,71,72)(H,73,74)(H,75,76)(H,77,78)(H,79,80). The maximum Gasteiger partial charge on any atom is 0.305 e. The molecule has 0 heterocycles. The Morgan fingerprint density at radius 3 is 0.500 bits per heavy atom. The van der Waals surface area contributed by atoms with Gasteiger partial charge >= 0.3 is 53.7 Å². The number of hydrogen-bond acceptors (Lipinski definition) is 25. The Hall–Kier alpha value is -6.88. The number of ether oxygens (including phenoxy) is 12. The third-order valence-corrected chi connectivity index (χ3v) is 11.9. The van der Waals surface area contributed by atoms with Crippen LogP contribution in [0.2, 0.25) is 0 Å². The number of carbonyl (C=O) groups excluding carboxylic acids is 3. The van der Waals surface area contributed by atoms with Gasteiger partial charge in [0.1, 0.15) is 16.6 Å². The first kappa shape index (κ1) is 85.1. The molecule has 0 aromatic rings. The summed E-state index contributed by atoms with van der Waals surface area (Å²) in [5.41, 5.74) is -6.29. The molecule has 0 spiro atoms. The molecular weight excluding hydrogens is 1240 g/mol. The molecule has 0 bridgehead atoms. The maximum absolute atomic E-state index is 13.8. The van der Waals surface area contributed by atoms with E-state index >= 15 is 0 Å². The molecule has 3 amide bonds. The van der Waals surface area contributed by atoms with E-state index in [0.29, 0.717) is 0 Å². The van der Waals surface area contributed by atoms with Crippen molar-refractivity contribution < 1.29 is 160 Å². The molecule has 0 aliphatic heterocycles. The van der Waals surface area contributed by atoms with Crippen molar-refractivity contribution in [1.29, 1.82) is 0 Å². The second-order valence-electron chi connectivity index (χ2n) is 21.2. The number of carbonyl (C=O) groups is 12. The molecular formula is C55H92N4O33. The second-order valence-corrected chi connectivity index (χ2v) is 21.2. The Labute approximate surface area is 529 Å². The highest BCUT2D eigenvalue weighted by molar-refractivity contribution is 5.78. The van der Waals surface area contributed by atoms with Crippen molar-refractivity contribution in [1.82, 2.24) is 21.3 Å². The lowest BCUT2D eigenvalue weighted by molar-refractivity contribution is -0.142. The number of hydrogen-bond donors (Lipinski definition) is 13. The molecule has 0 saturated heterocycles. The molecule has 0 saturated carbocycles. The number of carboxylic acids is 9. The summed E-state index contributed by atoms with van der Waals surface area (Å²) in [5, 5.41) is 94.1. The SMILES string of the molecule is CC(C)NC(COCCC(=O)NC(COCCC(=O)O)(COCCC(=O)O)COCCC(=O)O)(COCCC(=O)NC(COCCC(=O)O)(COCCC(=O)O)COCCC(=O)O)COCCC(=O)NC(COCCC(=O)O)(COCCC(=O)O)COCCC(=O)O. The van der Waals surface area contributed by atoms with Gasteiger partial charge < -0.3 is 124 Å². The van der Waals surface area contributed by atoms with E-state index in [0.717, 1.165) is 0 Å². The molecule has 0 rings (SSSR count). The predicted octanol–water partition coefficient (Wildman–Crippen LogP) is -2.07. The summed E-state index contributed by atoms with van der Waals surface area (Å²) >= 11 is 0. The third kappa shape index (κ3) is 47.1. The van der Waals surface area contributed by atoms with Crippen molar-refractivity contribution in [2.75, 3.05) is 159 Å². The molecule has 0 aromatic heterocycles. The Balaban J connectivity index is 7.08. The Kier molecular flexibility index (Phi) is 46.0. The van der Waals surface area contributed by atoms with Crippen LogP contribution in [0.4, 0.5) is 0 Å². The van der Waals surface area contributed by atoms with Gasteiger partial charge in [-0.05, 0) is 0 Å². The van der Waals surface area contributed by atoms with Gasteiger partial charge in [-0.1, -0.05) is 13.8 Å². The normalized spacial score (nSPS) is 11.9. The van der Waals surface area contributed by atoms with Crippen LogP contribution in [0.3, 0.4) is 0 Å². The smallest absolute Gasteiger partial charge is 0.305 e. The molecule has 0 aromatic carbocycles. The zero-order valence-electron chi connectivity index (χ0n) is 51.9. The zero-order valence-corrected chi connectivity index (χ0v) is 51.9. The first-order valence-corrected chi connectivity index (χ1v) is 29.1. The summed E-state index contributed by atoms with van der Waals surface area (Å²) in [7, 11) is 0. The number of aliphatic carboxylic acids is 9. The van der Waals surface area contributed by atoms with Crippen LogP contribution in [-0.2, 0) is 114 Å². The monoisotopic (exact) mass is 1340 g/mol. The van der Waals surface area contributed by atoms with Crippen LogP contribution in [-0.4, -0.2) is 304 Å². The van der Waals surface area contributed by atoms with Crippen molar-refractivity contribution in [2.45, 2.75) is 119 Å². The van der Waals surface area contributed by atoms with Gasteiger partial charge in [0, 0.05) is 25.3 Å². The minimum Gasteiger partial charge on any atom is -0.481 e. The highest BCUT2D eigenvalue weighted by Crippen LogP contribution is 2.17. The molecule has 0 fully saturated rings. The molecule has 37 heteroatoms. The van der Waals surface area contributed by atoms with E-state index in [1.54, 1.807) is 13.8 Å². The number of carboxylic acid groups (broad SMARTS) is 9. The summed E-state index contributed by atoms with van der Waals surface area (Å²) in [5.74, 6) is -13.0. The quantitative estimate of drug-likeness (QED) is 0.0291. The van der Waals surface area contributed by atoms with Gasteiger partial charge in [0.25, 0.3) is 0 Å². The number of rotatable bonds is 65. The molecule has 0 atom stereocenters. The van der Waals surface area contributed by atoms with Gasteiger partial charge in [-0.15, -0.1) is 0 Å². The lowest BCUT2D eigenvalue weighted by Crippen LogP contribution is -2.60. The van der Waals surface area contributed by atoms with Crippen molar-refractivity contribution >= 4 is 71.4 Å². The van der Waals surface area contributed by atoms with Crippen molar-refractivity contribution in [3.63, 3.8) is 0 Å². The van der Waals surface area contributed by atoms with E-state index in [1.165, 1.54) is 0 Å². The summed E-state index contributed by atoms with van der Waals surface area (Å²) in [6.45, 7) is -5.61. The van der Waals surface area contributed by atoms with E-state index in [2.05, 4.69) is 21.3 Å². The van der Waals surface area contributed by atoms with Gasteiger partial charge in [0.2, 0.25) is 17.7 Å². The van der Waals surface area contributed by atoms with E-state index in [9.17, 15) is 103 Å². The maximum atomic E-state index is 13.8. The average Bonchev–Trinajstić information content (AvgIpc) is 1.54. The minimum atomic E-state index is -1.63. The molecule has 0 unspecified atom stereocenters. The molecule has 0 aliphatic rings. The van der Waals surface area contributed by atoms with Gasteiger partial charge in [-0.2, -0.15) is 0 Å². The highest BCUT2D eigenvalue weighted by atomic mass is 16.5. The fourth-order valence-electron chi connectivity index (χ4n) is 7.78. The number of nitrogens with one attached hydrogen (secondary N) is 4. The fourth-order valence-corrected chi connectivity index (χ4v) is 7.78. The van der Waals surface area contributed by atoms with E-state index in [4.69, 9.17) is 56.8 Å². The van der Waals surface area contributed by atoms with Crippen molar-refractivity contribution in [3.05, 3.63) is 0 Å². The van der Waals surface area contributed by atoms with E-state index in [1.807, 2.05) is 0 Å². The molecule has 530 valence electrons. The van der Waals surface area contributed by atoms with E-state index < -0.39 is 236 Å². The zero-order chi connectivity index (χ0) is 69.3.